The molecule has 2 aromatic carbocycles. The highest BCUT2D eigenvalue weighted by atomic mass is 19.1. The van der Waals surface area contributed by atoms with Crippen molar-refractivity contribution in [2.75, 3.05) is 6.61 Å². The van der Waals surface area contributed by atoms with Crippen LogP contribution in [0.5, 0.6) is 5.75 Å². The van der Waals surface area contributed by atoms with Gasteiger partial charge in [0, 0.05) is 5.56 Å². The number of aromatic nitrogens is 2. The summed E-state index contributed by atoms with van der Waals surface area (Å²) in [5.74, 6) is 0.141. The third kappa shape index (κ3) is 4.63. The summed E-state index contributed by atoms with van der Waals surface area (Å²) in [6.07, 6.45) is 1.42. The van der Waals surface area contributed by atoms with Crippen LogP contribution < -0.4 is 10.1 Å². The standard InChI is InChI=1S/C20H18FN3O2/c1-14-4-2-3-5-19(14)26-12-20(25)22-11-17-10-18(24-13-23-17)15-6-8-16(21)9-7-15/h2-10,13H,11-12H2,1H3,(H,22,25). The minimum atomic E-state index is -0.302. The van der Waals surface area contributed by atoms with E-state index in [0.717, 1.165) is 11.1 Å². The van der Waals surface area contributed by atoms with Gasteiger partial charge in [-0.05, 0) is 48.9 Å². The van der Waals surface area contributed by atoms with Crippen molar-refractivity contribution in [3.63, 3.8) is 0 Å². The van der Waals surface area contributed by atoms with E-state index in [1.165, 1.54) is 18.5 Å². The van der Waals surface area contributed by atoms with Crippen LogP contribution in [0.1, 0.15) is 11.3 Å². The van der Waals surface area contributed by atoms with Crippen LogP contribution in [-0.4, -0.2) is 22.5 Å². The van der Waals surface area contributed by atoms with E-state index in [0.29, 0.717) is 17.1 Å². The Labute approximate surface area is 150 Å². The van der Waals surface area contributed by atoms with Gasteiger partial charge in [-0.3, -0.25) is 4.79 Å². The van der Waals surface area contributed by atoms with Crippen LogP contribution in [0.2, 0.25) is 0 Å². The smallest absolute Gasteiger partial charge is 0.258 e. The fraction of sp³-hybridized carbons (Fsp3) is 0.150. The van der Waals surface area contributed by atoms with Crippen LogP contribution in [0.4, 0.5) is 4.39 Å². The van der Waals surface area contributed by atoms with Gasteiger partial charge >= 0.3 is 0 Å². The van der Waals surface area contributed by atoms with Crippen molar-refractivity contribution >= 4 is 5.91 Å². The lowest BCUT2D eigenvalue weighted by molar-refractivity contribution is -0.123. The molecule has 0 saturated heterocycles. The fourth-order valence-corrected chi connectivity index (χ4v) is 2.37. The van der Waals surface area contributed by atoms with E-state index in [1.807, 2.05) is 31.2 Å². The predicted octanol–water partition coefficient (Wildman–Crippen LogP) is 3.29. The van der Waals surface area contributed by atoms with Crippen molar-refractivity contribution in [1.82, 2.24) is 15.3 Å². The first kappa shape index (κ1) is 17.5. The first-order chi connectivity index (χ1) is 12.6. The van der Waals surface area contributed by atoms with Crippen LogP contribution in [-0.2, 0) is 11.3 Å². The molecular weight excluding hydrogens is 333 g/mol. The summed E-state index contributed by atoms with van der Waals surface area (Å²) in [6.45, 7) is 2.11. The second kappa shape index (κ2) is 8.20. The molecule has 3 aromatic rings. The second-order valence-corrected chi connectivity index (χ2v) is 5.73. The zero-order valence-corrected chi connectivity index (χ0v) is 14.3. The molecule has 1 aromatic heterocycles. The molecule has 0 aliphatic rings. The summed E-state index contributed by atoms with van der Waals surface area (Å²) in [5, 5.41) is 2.76. The third-order valence-electron chi connectivity index (χ3n) is 3.78. The van der Waals surface area contributed by atoms with Crippen molar-refractivity contribution in [2.45, 2.75) is 13.5 Å². The largest absolute Gasteiger partial charge is 0.484 e. The first-order valence-electron chi connectivity index (χ1n) is 8.14. The van der Waals surface area contributed by atoms with E-state index in [2.05, 4.69) is 15.3 Å². The second-order valence-electron chi connectivity index (χ2n) is 5.73. The molecule has 3 rings (SSSR count). The molecule has 26 heavy (non-hydrogen) atoms. The highest BCUT2D eigenvalue weighted by molar-refractivity contribution is 5.77. The zero-order chi connectivity index (χ0) is 18.4. The quantitative estimate of drug-likeness (QED) is 0.740. The highest BCUT2D eigenvalue weighted by Gasteiger charge is 2.07. The summed E-state index contributed by atoms with van der Waals surface area (Å²) in [5.41, 5.74) is 3.08. The molecule has 0 fully saturated rings. The minimum absolute atomic E-state index is 0.0687. The number of carbonyl (C=O) groups excluding carboxylic acids is 1. The summed E-state index contributed by atoms with van der Waals surface area (Å²) < 4.78 is 18.5. The average molecular weight is 351 g/mol. The van der Waals surface area contributed by atoms with E-state index < -0.39 is 0 Å². The number of nitrogens with zero attached hydrogens (tertiary/aromatic N) is 2. The van der Waals surface area contributed by atoms with Gasteiger partial charge in [0.15, 0.2) is 6.61 Å². The Morgan fingerprint density at radius 3 is 2.65 bits per heavy atom. The number of benzene rings is 2. The van der Waals surface area contributed by atoms with Crippen LogP contribution >= 0.6 is 0 Å². The van der Waals surface area contributed by atoms with Crippen molar-refractivity contribution in [2.24, 2.45) is 0 Å². The number of carbonyl (C=O) groups is 1. The third-order valence-corrected chi connectivity index (χ3v) is 3.78. The Hall–Kier alpha value is -3.28. The molecule has 0 radical (unpaired) electrons. The molecule has 0 bridgehead atoms. The maximum atomic E-state index is 13.0. The monoisotopic (exact) mass is 351 g/mol. The number of ether oxygens (including phenoxy) is 1. The molecule has 0 spiro atoms. The lowest BCUT2D eigenvalue weighted by Crippen LogP contribution is -2.28. The molecule has 5 nitrogen and oxygen atoms in total. The summed E-state index contributed by atoms with van der Waals surface area (Å²) in [4.78, 5) is 20.3. The lowest BCUT2D eigenvalue weighted by atomic mass is 10.1. The van der Waals surface area contributed by atoms with Gasteiger partial charge in [0.25, 0.3) is 5.91 Å². The Morgan fingerprint density at radius 2 is 1.88 bits per heavy atom. The number of hydrogen-bond acceptors (Lipinski definition) is 4. The van der Waals surface area contributed by atoms with Crippen molar-refractivity contribution in [3.05, 3.63) is 78.0 Å². The van der Waals surface area contributed by atoms with E-state index in [9.17, 15) is 9.18 Å². The molecule has 0 aliphatic carbocycles. The van der Waals surface area contributed by atoms with Crippen LogP contribution in [0.3, 0.4) is 0 Å². The SMILES string of the molecule is Cc1ccccc1OCC(=O)NCc1cc(-c2ccc(F)cc2)ncn1. The van der Waals surface area contributed by atoms with Crippen LogP contribution in [0, 0.1) is 12.7 Å². The molecule has 0 atom stereocenters. The van der Waals surface area contributed by atoms with Gasteiger partial charge in [-0.25, -0.2) is 14.4 Å². The summed E-state index contributed by atoms with van der Waals surface area (Å²) in [7, 11) is 0. The van der Waals surface area contributed by atoms with Gasteiger partial charge in [-0.15, -0.1) is 0 Å². The molecule has 1 amide bonds. The van der Waals surface area contributed by atoms with Gasteiger partial charge < -0.3 is 10.1 Å². The lowest BCUT2D eigenvalue weighted by Gasteiger charge is -2.09. The normalized spacial score (nSPS) is 10.4. The Bertz CT molecular complexity index is 898. The number of para-hydroxylation sites is 1. The van der Waals surface area contributed by atoms with E-state index in [4.69, 9.17) is 4.74 Å². The molecular formula is C20H18FN3O2. The predicted molar refractivity (Wildman–Crippen MR) is 95.9 cm³/mol. The number of halogens is 1. The number of nitrogens with one attached hydrogen (secondary N) is 1. The molecule has 132 valence electrons. The molecule has 6 heteroatoms. The minimum Gasteiger partial charge on any atom is -0.484 e. The van der Waals surface area contributed by atoms with Gasteiger partial charge in [0.1, 0.15) is 17.9 Å². The fourth-order valence-electron chi connectivity index (χ4n) is 2.37. The molecule has 0 aliphatic heterocycles. The Balaban J connectivity index is 1.56. The number of hydrogen-bond donors (Lipinski definition) is 1. The topological polar surface area (TPSA) is 64.1 Å². The summed E-state index contributed by atoms with van der Waals surface area (Å²) in [6, 6.07) is 15.3. The van der Waals surface area contributed by atoms with E-state index >= 15 is 0 Å². The number of aryl methyl sites for hydroxylation is 1. The number of rotatable bonds is 6. The van der Waals surface area contributed by atoms with Crippen molar-refractivity contribution in [3.8, 4) is 17.0 Å². The van der Waals surface area contributed by atoms with Gasteiger partial charge in [0.2, 0.25) is 0 Å². The molecule has 1 N–H and O–H groups in total. The molecule has 0 saturated carbocycles. The molecule has 1 heterocycles. The molecule has 0 unspecified atom stereocenters. The Morgan fingerprint density at radius 1 is 1.12 bits per heavy atom. The zero-order valence-electron chi connectivity index (χ0n) is 14.3. The van der Waals surface area contributed by atoms with Gasteiger partial charge in [-0.2, -0.15) is 0 Å². The first-order valence-corrected chi connectivity index (χ1v) is 8.14. The maximum Gasteiger partial charge on any atom is 0.258 e. The maximum absolute atomic E-state index is 13.0. The van der Waals surface area contributed by atoms with E-state index in [-0.39, 0.29) is 24.9 Å². The number of amides is 1. The highest BCUT2D eigenvalue weighted by Crippen LogP contribution is 2.17. The van der Waals surface area contributed by atoms with Crippen LogP contribution in [0.25, 0.3) is 11.3 Å². The van der Waals surface area contributed by atoms with E-state index in [1.54, 1.807) is 18.2 Å². The van der Waals surface area contributed by atoms with Crippen LogP contribution in [0.15, 0.2) is 60.9 Å². The van der Waals surface area contributed by atoms with Gasteiger partial charge in [0.05, 0.1) is 17.9 Å². The van der Waals surface area contributed by atoms with Crippen molar-refractivity contribution in [1.29, 1.82) is 0 Å². The van der Waals surface area contributed by atoms with Gasteiger partial charge in [-0.1, -0.05) is 18.2 Å². The Kier molecular flexibility index (Phi) is 5.53. The average Bonchev–Trinajstić information content (AvgIpc) is 2.66. The van der Waals surface area contributed by atoms with Crippen molar-refractivity contribution < 1.29 is 13.9 Å². The summed E-state index contributed by atoms with van der Waals surface area (Å²) >= 11 is 0.